The number of nitrogens with one attached hydrogen (secondary N) is 1. The highest BCUT2D eigenvalue weighted by molar-refractivity contribution is 8.19. The molecule has 2 aromatic rings. The topological polar surface area (TPSA) is 38.3 Å². The Morgan fingerprint density at radius 2 is 1.85 bits per heavy atom. The number of fused-ring (bicyclic) bond motifs is 1. The van der Waals surface area contributed by atoms with Crippen LogP contribution in [0.15, 0.2) is 48.5 Å². The van der Waals surface area contributed by atoms with Crippen molar-refractivity contribution in [1.29, 1.82) is 0 Å². The quantitative estimate of drug-likeness (QED) is 0.807. The molecule has 1 fully saturated rings. The minimum atomic E-state index is -0.0577. The summed E-state index contributed by atoms with van der Waals surface area (Å²) in [4.78, 5) is 12.3. The predicted octanol–water partition coefficient (Wildman–Crippen LogP) is 4.74. The predicted molar refractivity (Wildman–Crippen MR) is 110 cm³/mol. The molecule has 1 aliphatic carbocycles. The normalized spacial score (nSPS) is 19.8. The van der Waals surface area contributed by atoms with Gasteiger partial charge < -0.3 is 10.1 Å². The summed E-state index contributed by atoms with van der Waals surface area (Å²) in [5.74, 6) is 3.13. The summed E-state index contributed by atoms with van der Waals surface area (Å²) in [5, 5.41) is 3.13. The third-order valence-electron chi connectivity index (χ3n) is 4.85. The first-order chi connectivity index (χ1) is 12.8. The second-order valence-corrected chi connectivity index (χ2v) is 9.37. The number of amides is 1. The highest BCUT2D eigenvalue weighted by Crippen LogP contribution is 2.45. The average Bonchev–Trinajstić information content (AvgIpc) is 3.22. The molecule has 26 heavy (non-hydrogen) atoms. The minimum absolute atomic E-state index is 0.0577. The van der Waals surface area contributed by atoms with Crippen LogP contribution in [0.1, 0.15) is 40.2 Å². The van der Waals surface area contributed by atoms with E-state index >= 15 is 0 Å². The smallest absolute Gasteiger partial charge is 0.258 e. The molecular formula is C21H23NO2S2. The monoisotopic (exact) mass is 385 g/mol. The van der Waals surface area contributed by atoms with Crippen molar-refractivity contribution in [3.63, 3.8) is 0 Å². The molecule has 0 radical (unpaired) electrons. The summed E-state index contributed by atoms with van der Waals surface area (Å²) in [6, 6.07) is 16.7. The van der Waals surface area contributed by atoms with Gasteiger partial charge in [0.1, 0.15) is 5.75 Å². The first-order valence-electron chi connectivity index (χ1n) is 9.13. The fraction of sp³-hybridized carbons (Fsp3) is 0.381. The molecule has 0 aromatic heterocycles. The van der Waals surface area contributed by atoms with Gasteiger partial charge in [-0.15, -0.1) is 23.5 Å². The van der Waals surface area contributed by atoms with E-state index in [1.165, 1.54) is 28.2 Å². The average molecular weight is 386 g/mol. The Hall–Kier alpha value is -1.59. The molecule has 2 aromatic carbocycles. The number of rotatable bonds is 5. The molecule has 0 saturated carbocycles. The number of aryl methyl sites for hydroxylation is 1. The van der Waals surface area contributed by atoms with Gasteiger partial charge in [0.2, 0.25) is 0 Å². The van der Waals surface area contributed by atoms with Gasteiger partial charge in [0.05, 0.1) is 10.6 Å². The van der Waals surface area contributed by atoms with Gasteiger partial charge >= 0.3 is 0 Å². The van der Waals surface area contributed by atoms with Crippen LogP contribution in [0.2, 0.25) is 0 Å². The second kappa shape index (κ2) is 8.40. The minimum Gasteiger partial charge on any atom is -0.484 e. The van der Waals surface area contributed by atoms with Crippen molar-refractivity contribution in [3.05, 3.63) is 65.2 Å². The van der Waals surface area contributed by atoms with E-state index in [0.29, 0.717) is 4.58 Å². The van der Waals surface area contributed by atoms with Crippen molar-refractivity contribution in [1.82, 2.24) is 5.32 Å². The summed E-state index contributed by atoms with van der Waals surface area (Å²) in [6.45, 7) is 0.0605. The Kier molecular flexibility index (Phi) is 5.75. The molecule has 4 rings (SSSR count). The van der Waals surface area contributed by atoms with E-state index in [2.05, 4.69) is 35.6 Å². The zero-order valence-corrected chi connectivity index (χ0v) is 16.3. The van der Waals surface area contributed by atoms with Crippen molar-refractivity contribution in [2.75, 3.05) is 18.1 Å². The maximum Gasteiger partial charge on any atom is 0.258 e. The fourth-order valence-electron chi connectivity index (χ4n) is 3.56. The lowest BCUT2D eigenvalue weighted by Crippen LogP contribution is -2.34. The molecule has 2 aliphatic rings. The Bertz CT molecular complexity index is 757. The maximum absolute atomic E-state index is 12.3. The van der Waals surface area contributed by atoms with Crippen LogP contribution >= 0.6 is 23.5 Å². The number of benzene rings is 2. The van der Waals surface area contributed by atoms with E-state index < -0.39 is 0 Å². The van der Waals surface area contributed by atoms with Crippen LogP contribution in [-0.4, -0.2) is 24.0 Å². The van der Waals surface area contributed by atoms with Crippen molar-refractivity contribution in [2.45, 2.75) is 29.9 Å². The summed E-state index contributed by atoms with van der Waals surface area (Å²) in [7, 11) is 0. The van der Waals surface area contributed by atoms with Crippen LogP contribution in [0.3, 0.4) is 0 Å². The van der Waals surface area contributed by atoms with Crippen molar-refractivity contribution in [3.8, 4) is 5.75 Å². The molecule has 1 saturated heterocycles. The number of hydrogen-bond donors (Lipinski definition) is 1. The molecule has 1 amide bonds. The number of carbonyl (C=O) groups excluding carboxylic acids is 1. The summed E-state index contributed by atoms with van der Waals surface area (Å²) in [6.07, 6.45) is 3.21. The number of carbonyl (C=O) groups is 1. The number of thioether (sulfide) groups is 2. The summed E-state index contributed by atoms with van der Waals surface area (Å²) in [5.41, 5.74) is 3.93. The van der Waals surface area contributed by atoms with Gasteiger partial charge in [-0.1, -0.05) is 36.4 Å². The van der Waals surface area contributed by atoms with E-state index in [4.69, 9.17) is 4.74 Å². The Labute approximate surface area is 163 Å². The molecule has 0 spiro atoms. The molecule has 1 aliphatic heterocycles. The molecule has 1 heterocycles. The molecule has 1 atom stereocenters. The molecule has 136 valence electrons. The van der Waals surface area contributed by atoms with Crippen LogP contribution in [0.25, 0.3) is 0 Å². The van der Waals surface area contributed by atoms with Gasteiger partial charge in [0.25, 0.3) is 5.91 Å². The van der Waals surface area contributed by atoms with Crippen molar-refractivity contribution in [2.24, 2.45) is 0 Å². The van der Waals surface area contributed by atoms with E-state index in [-0.39, 0.29) is 18.6 Å². The zero-order chi connectivity index (χ0) is 17.8. The SMILES string of the molecule is O=C(COc1ccc(C2SCCS2)cc1)N[C@H]1CCCc2ccccc21. The third kappa shape index (κ3) is 4.21. The molecule has 5 heteroatoms. The van der Waals surface area contributed by atoms with Gasteiger partial charge in [0.15, 0.2) is 6.61 Å². The Morgan fingerprint density at radius 1 is 1.08 bits per heavy atom. The Morgan fingerprint density at radius 3 is 2.65 bits per heavy atom. The van der Waals surface area contributed by atoms with Gasteiger partial charge in [0, 0.05) is 11.5 Å². The van der Waals surface area contributed by atoms with E-state index in [0.717, 1.165) is 25.0 Å². The lowest BCUT2D eigenvalue weighted by atomic mass is 9.88. The second-order valence-electron chi connectivity index (χ2n) is 6.64. The molecular weight excluding hydrogens is 362 g/mol. The zero-order valence-electron chi connectivity index (χ0n) is 14.6. The van der Waals surface area contributed by atoms with Gasteiger partial charge in [-0.3, -0.25) is 4.79 Å². The van der Waals surface area contributed by atoms with Crippen molar-refractivity contribution < 1.29 is 9.53 Å². The summed E-state index contributed by atoms with van der Waals surface area (Å²) < 4.78 is 6.23. The van der Waals surface area contributed by atoms with E-state index in [1.807, 2.05) is 41.7 Å². The van der Waals surface area contributed by atoms with Crippen LogP contribution < -0.4 is 10.1 Å². The van der Waals surface area contributed by atoms with E-state index in [1.54, 1.807) is 0 Å². The fourth-order valence-corrected chi connectivity index (χ4v) is 6.42. The van der Waals surface area contributed by atoms with Crippen LogP contribution in [0.4, 0.5) is 0 Å². The Balaban J connectivity index is 1.30. The lowest BCUT2D eigenvalue weighted by Gasteiger charge is -2.26. The van der Waals surface area contributed by atoms with Crippen LogP contribution in [-0.2, 0) is 11.2 Å². The highest BCUT2D eigenvalue weighted by Gasteiger charge is 2.21. The molecule has 0 unspecified atom stereocenters. The summed E-state index contributed by atoms with van der Waals surface area (Å²) >= 11 is 3.98. The van der Waals surface area contributed by atoms with Gasteiger partial charge in [-0.05, 0) is 48.1 Å². The molecule has 1 N–H and O–H groups in total. The van der Waals surface area contributed by atoms with E-state index in [9.17, 15) is 4.79 Å². The standard InChI is InChI=1S/C21H23NO2S2/c23-20(22-19-7-3-5-15-4-1-2-6-18(15)19)14-24-17-10-8-16(9-11-17)21-25-12-13-26-21/h1-2,4,6,8-11,19,21H,3,5,7,12-14H2,(H,22,23)/t19-/m0/s1. The molecule has 0 bridgehead atoms. The third-order valence-corrected chi connectivity index (χ3v) is 7.95. The van der Waals surface area contributed by atoms with Crippen molar-refractivity contribution >= 4 is 29.4 Å². The van der Waals surface area contributed by atoms with Crippen LogP contribution in [0.5, 0.6) is 5.75 Å². The largest absolute Gasteiger partial charge is 0.484 e. The first kappa shape index (κ1) is 17.8. The first-order valence-corrected chi connectivity index (χ1v) is 11.2. The number of ether oxygens (including phenoxy) is 1. The van der Waals surface area contributed by atoms with Crippen LogP contribution in [0, 0.1) is 0 Å². The molecule has 3 nitrogen and oxygen atoms in total. The maximum atomic E-state index is 12.3. The van der Waals surface area contributed by atoms with Gasteiger partial charge in [-0.2, -0.15) is 0 Å². The number of hydrogen-bond acceptors (Lipinski definition) is 4. The lowest BCUT2D eigenvalue weighted by molar-refractivity contribution is -0.123. The highest BCUT2D eigenvalue weighted by atomic mass is 32.2. The van der Waals surface area contributed by atoms with Gasteiger partial charge in [-0.25, -0.2) is 0 Å².